The molecule has 0 saturated heterocycles. The normalized spacial score (nSPS) is 12.9. The molecule has 0 radical (unpaired) electrons. The summed E-state index contributed by atoms with van der Waals surface area (Å²) in [7, 11) is 0. The summed E-state index contributed by atoms with van der Waals surface area (Å²) in [6.45, 7) is 0.236. The van der Waals surface area contributed by atoms with Crippen molar-refractivity contribution in [1.82, 2.24) is 0 Å². The van der Waals surface area contributed by atoms with Crippen molar-refractivity contribution in [3.63, 3.8) is 0 Å². The van der Waals surface area contributed by atoms with Crippen molar-refractivity contribution in [2.24, 2.45) is 11.5 Å². The molecule has 0 saturated carbocycles. The summed E-state index contributed by atoms with van der Waals surface area (Å²) in [5, 5.41) is 0. The van der Waals surface area contributed by atoms with Gasteiger partial charge in [0, 0.05) is 17.1 Å². The number of nitrogens with two attached hydrogens (primary N) is 3. The predicted octanol–water partition coefficient (Wildman–Crippen LogP) is 1.13. The summed E-state index contributed by atoms with van der Waals surface area (Å²) >= 11 is 3.13. The minimum absolute atomic E-state index is 0.236. The van der Waals surface area contributed by atoms with Crippen LogP contribution in [0.15, 0.2) is 16.6 Å². The number of rotatable bonds is 2. The van der Waals surface area contributed by atoms with Crippen LogP contribution < -0.4 is 17.2 Å². The molecular weight excluding hydrogens is 237 g/mol. The lowest BCUT2D eigenvalue weighted by Gasteiger charge is -2.13. The molecule has 0 bridgehead atoms. The van der Waals surface area contributed by atoms with Gasteiger partial charge < -0.3 is 17.2 Å². The first-order chi connectivity index (χ1) is 6.06. The summed E-state index contributed by atoms with van der Waals surface area (Å²) in [5.41, 5.74) is 17.7. The Morgan fingerprint density at radius 1 is 1.46 bits per heavy atom. The number of halogens is 2. The van der Waals surface area contributed by atoms with Gasteiger partial charge in [0.05, 0.1) is 5.69 Å². The molecule has 0 fully saturated rings. The topological polar surface area (TPSA) is 78.1 Å². The second-order valence-corrected chi connectivity index (χ2v) is 3.59. The van der Waals surface area contributed by atoms with Crippen molar-refractivity contribution in [2.75, 3.05) is 12.3 Å². The smallest absolute Gasteiger partial charge is 0.124 e. The average Bonchev–Trinajstić information content (AvgIpc) is 2.10. The van der Waals surface area contributed by atoms with E-state index in [1.165, 1.54) is 12.1 Å². The molecule has 0 aliphatic rings. The maximum atomic E-state index is 12.9. The first-order valence-corrected chi connectivity index (χ1v) is 4.55. The minimum Gasteiger partial charge on any atom is -0.398 e. The third-order valence-electron chi connectivity index (χ3n) is 1.78. The third-order valence-corrected chi connectivity index (χ3v) is 2.44. The highest BCUT2D eigenvalue weighted by atomic mass is 79.9. The van der Waals surface area contributed by atoms with Crippen LogP contribution in [0.25, 0.3) is 0 Å². The van der Waals surface area contributed by atoms with Gasteiger partial charge in [0.1, 0.15) is 5.82 Å². The molecule has 13 heavy (non-hydrogen) atoms. The van der Waals surface area contributed by atoms with Gasteiger partial charge in [-0.3, -0.25) is 0 Å². The van der Waals surface area contributed by atoms with E-state index in [1.807, 2.05) is 0 Å². The van der Waals surface area contributed by atoms with E-state index in [0.29, 0.717) is 15.7 Å². The molecule has 1 aromatic carbocycles. The number of anilines is 1. The summed E-state index contributed by atoms with van der Waals surface area (Å²) in [5.74, 6) is -0.375. The molecule has 0 aliphatic carbocycles. The lowest BCUT2D eigenvalue weighted by atomic mass is 10.1. The van der Waals surface area contributed by atoms with E-state index in [4.69, 9.17) is 17.2 Å². The molecule has 1 aromatic rings. The number of nitrogen functional groups attached to an aromatic ring is 1. The van der Waals surface area contributed by atoms with Crippen LogP contribution in [0, 0.1) is 5.82 Å². The first-order valence-electron chi connectivity index (χ1n) is 3.76. The van der Waals surface area contributed by atoms with Gasteiger partial charge in [0.15, 0.2) is 0 Å². The molecule has 0 aromatic heterocycles. The summed E-state index contributed by atoms with van der Waals surface area (Å²) in [6, 6.07) is 2.17. The molecule has 0 spiro atoms. The molecule has 1 atom stereocenters. The fourth-order valence-corrected chi connectivity index (χ4v) is 1.49. The van der Waals surface area contributed by atoms with Crippen molar-refractivity contribution >= 4 is 21.6 Å². The molecule has 0 amide bonds. The fraction of sp³-hybridized carbons (Fsp3) is 0.250. The van der Waals surface area contributed by atoms with Crippen molar-refractivity contribution in [3.8, 4) is 0 Å². The Hall–Kier alpha value is -0.650. The summed E-state index contributed by atoms with van der Waals surface area (Å²) < 4.78 is 13.4. The maximum absolute atomic E-state index is 12.9. The van der Waals surface area contributed by atoms with Crippen LogP contribution in [0.4, 0.5) is 10.1 Å². The molecule has 0 unspecified atom stereocenters. The molecule has 6 N–H and O–H groups in total. The van der Waals surface area contributed by atoms with Gasteiger partial charge in [0.25, 0.3) is 0 Å². The Morgan fingerprint density at radius 2 is 2.08 bits per heavy atom. The van der Waals surface area contributed by atoms with E-state index < -0.39 is 6.04 Å². The van der Waals surface area contributed by atoms with Gasteiger partial charge in [-0.15, -0.1) is 0 Å². The predicted molar refractivity (Wildman–Crippen MR) is 54.5 cm³/mol. The van der Waals surface area contributed by atoms with Crippen LogP contribution in [0.5, 0.6) is 0 Å². The van der Waals surface area contributed by atoms with E-state index in [1.54, 1.807) is 0 Å². The van der Waals surface area contributed by atoms with E-state index in [0.717, 1.165) is 0 Å². The quantitative estimate of drug-likeness (QED) is 0.686. The Balaban J connectivity index is 3.20. The number of benzene rings is 1. The second-order valence-electron chi connectivity index (χ2n) is 2.73. The van der Waals surface area contributed by atoms with Gasteiger partial charge in [-0.2, -0.15) is 0 Å². The van der Waals surface area contributed by atoms with Crippen molar-refractivity contribution in [3.05, 3.63) is 28.0 Å². The zero-order valence-electron chi connectivity index (χ0n) is 6.93. The Morgan fingerprint density at radius 3 is 2.62 bits per heavy atom. The van der Waals surface area contributed by atoms with Gasteiger partial charge in [0.2, 0.25) is 0 Å². The zero-order valence-corrected chi connectivity index (χ0v) is 8.51. The fourth-order valence-electron chi connectivity index (χ4n) is 1.04. The Bertz CT molecular complexity index is 317. The standard InChI is InChI=1S/C8H11BrFN3/c9-6-2-4(10)1-5(8(6)13)7(12)3-11/h1-2,7H,3,11-13H2/t7-/m1/s1. The first kappa shape index (κ1) is 10.4. The number of hydrogen-bond donors (Lipinski definition) is 3. The highest BCUT2D eigenvalue weighted by molar-refractivity contribution is 9.10. The van der Waals surface area contributed by atoms with Crippen LogP contribution in [-0.2, 0) is 0 Å². The zero-order chi connectivity index (χ0) is 10.0. The van der Waals surface area contributed by atoms with Gasteiger partial charge in [-0.1, -0.05) is 0 Å². The van der Waals surface area contributed by atoms with Gasteiger partial charge >= 0.3 is 0 Å². The highest BCUT2D eigenvalue weighted by Crippen LogP contribution is 2.27. The van der Waals surface area contributed by atoms with Crippen molar-refractivity contribution < 1.29 is 4.39 Å². The molecular formula is C8H11BrFN3. The Kier molecular flexibility index (Phi) is 3.24. The molecule has 5 heteroatoms. The molecule has 0 aliphatic heterocycles. The SMILES string of the molecule is NC[C@@H](N)c1cc(F)cc(Br)c1N. The van der Waals surface area contributed by atoms with Gasteiger partial charge in [-0.25, -0.2) is 4.39 Å². The third kappa shape index (κ3) is 2.18. The lowest BCUT2D eigenvalue weighted by molar-refractivity contribution is 0.619. The minimum atomic E-state index is -0.424. The van der Waals surface area contributed by atoms with Gasteiger partial charge in [-0.05, 0) is 33.6 Å². The molecule has 0 heterocycles. The van der Waals surface area contributed by atoms with E-state index in [-0.39, 0.29) is 12.4 Å². The largest absolute Gasteiger partial charge is 0.398 e. The second kappa shape index (κ2) is 4.04. The maximum Gasteiger partial charge on any atom is 0.124 e. The van der Waals surface area contributed by atoms with Crippen LogP contribution in [-0.4, -0.2) is 6.54 Å². The summed E-state index contributed by atoms with van der Waals surface area (Å²) in [4.78, 5) is 0. The van der Waals surface area contributed by atoms with E-state index >= 15 is 0 Å². The Labute approximate surface area is 84.2 Å². The van der Waals surface area contributed by atoms with Crippen LogP contribution in [0.1, 0.15) is 11.6 Å². The molecule has 1 rings (SSSR count). The van der Waals surface area contributed by atoms with Crippen LogP contribution in [0.2, 0.25) is 0 Å². The van der Waals surface area contributed by atoms with E-state index in [9.17, 15) is 4.39 Å². The highest BCUT2D eigenvalue weighted by Gasteiger charge is 2.11. The molecule has 3 nitrogen and oxygen atoms in total. The monoisotopic (exact) mass is 247 g/mol. The average molecular weight is 248 g/mol. The van der Waals surface area contributed by atoms with E-state index in [2.05, 4.69) is 15.9 Å². The lowest BCUT2D eigenvalue weighted by Crippen LogP contribution is -2.22. The van der Waals surface area contributed by atoms with Crippen molar-refractivity contribution in [1.29, 1.82) is 0 Å². The summed E-state index contributed by atoms with van der Waals surface area (Å²) in [6.07, 6.45) is 0. The van der Waals surface area contributed by atoms with Crippen LogP contribution >= 0.6 is 15.9 Å². The molecule has 72 valence electrons. The van der Waals surface area contributed by atoms with Crippen LogP contribution in [0.3, 0.4) is 0 Å². The number of hydrogen-bond acceptors (Lipinski definition) is 3. The van der Waals surface area contributed by atoms with Crippen molar-refractivity contribution in [2.45, 2.75) is 6.04 Å².